The normalized spacial score (nSPS) is 19.0. The Morgan fingerprint density at radius 2 is 1.46 bits per heavy atom. The molecule has 0 amide bonds. The van der Waals surface area contributed by atoms with E-state index in [4.69, 9.17) is 11.6 Å². The van der Waals surface area contributed by atoms with Crippen LogP contribution in [0.5, 0.6) is 0 Å². The van der Waals surface area contributed by atoms with Crippen LogP contribution in [0.4, 0.5) is 11.6 Å². The molecular formula is C19H24ClN5O2S. The molecule has 3 heterocycles. The molecule has 0 bridgehead atoms. The highest BCUT2D eigenvalue weighted by molar-refractivity contribution is 7.89. The van der Waals surface area contributed by atoms with Crippen LogP contribution >= 0.6 is 11.6 Å². The summed E-state index contributed by atoms with van der Waals surface area (Å²) >= 11 is 5.96. The van der Waals surface area contributed by atoms with Crippen molar-refractivity contribution < 1.29 is 8.42 Å². The van der Waals surface area contributed by atoms with Gasteiger partial charge in [0.15, 0.2) is 0 Å². The van der Waals surface area contributed by atoms with Gasteiger partial charge >= 0.3 is 0 Å². The number of piperidine rings is 1. The molecule has 1 aromatic heterocycles. The Balaban J connectivity index is 1.44. The second-order valence-corrected chi connectivity index (χ2v) is 9.50. The van der Waals surface area contributed by atoms with Gasteiger partial charge in [-0.05, 0) is 37.5 Å². The first kappa shape index (κ1) is 19.4. The number of hydrogen-bond acceptors (Lipinski definition) is 6. The molecule has 2 aliphatic heterocycles. The maximum atomic E-state index is 12.9. The summed E-state index contributed by atoms with van der Waals surface area (Å²) in [7, 11) is -3.53. The topological polar surface area (TPSA) is 69.6 Å². The van der Waals surface area contributed by atoms with Crippen LogP contribution in [-0.4, -0.2) is 62.0 Å². The number of benzene rings is 1. The summed E-state index contributed by atoms with van der Waals surface area (Å²) in [6.45, 7) is 4.08. The van der Waals surface area contributed by atoms with Crippen LogP contribution in [0.15, 0.2) is 41.6 Å². The fraction of sp³-hybridized carbons (Fsp3) is 0.474. The highest BCUT2D eigenvalue weighted by atomic mass is 35.5. The molecule has 1 aromatic carbocycles. The number of hydrogen-bond donors (Lipinski definition) is 0. The first-order valence-corrected chi connectivity index (χ1v) is 11.4. The Kier molecular flexibility index (Phi) is 5.70. The largest absolute Gasteiger partial charge is 0.356 e. The van der Waals surface area contributed by atoms with Crippen molar-refractivity contribution in [3.05, 3.63) is 41.7 Å². The minimum atomic E-state index is -3.53. The van der Waals surface area contributed by atoms with Gasteiger partial charge in [0, 0.05) is 50.4 Å². The van der Waals surface area contributed by atoms with Gasteiger partial charge in [0.1, 0.15) is 18.0 Å². The van der Waals surface area contributed by atoms with Gasteiger partial charge in [0.2, 0.25) is 10.0 Å². The van der Waals surface area contributed by atoms with E-state index in [1.54, 1.807) is 24.5 Å². The predicted molar refractivity (Wildman–Crippen MR) is 111 cm³/mol. The lowest BCUT2D eigenvalue weighted by Crippen LogP contribution is -2.49. The van der Waals surface area contributed by atoms with Gasteiger partial charge in [-0.1, -0.05) is 17.7 Å². The molecule has 9 heteroatoms. The third-order valence-electron chi connectivity index (χ3n) is 5.31. The number of halogens is 1. The monoisotopic (exact) mass is 421 g/mol. The molecule has 0 aliphatic carbocycles. The Morgan fingerprint density at radius 1 is 0.821 bits per heavy atom. The first-order chi connectivity index (χ1) is 13.5. The summed E-state index contributed by atoms with van der Waals surface area (Å²) in [5.74, 6) is 1.81. The number of nitrogens with zero attached hydrogens (tertiary/aromatic N) is 5. The predicted octanol–water partition coefficient (Wildman–Crippen LogP) is 2.63. The molecule has 7 nitrogen and oxygen atoms in total. The maximum Gasteiger partial charge on any atom is 0.243 e. The van der Waals surface area contributed by atoms with Crippen LogP contribution in [-0.2, 0) is 10.0 Å². The van der Waals surface area contributed by atoms with Crippen molar-refractivity contribution in [3.63, 3.8) is 0 Å². The molecule has 0 unspecified atom stereocenters. The molecule has 2 aliphatic rings. The molecule has 0 radical (unpaired) electrons. The quantitative estimate of drug-likeness (QED) is 0.755. The van der Waals surface area contributed by atoms with E-state index < -0.39 is 10.0 Å². The van der Waals surface area contributed by atoms with Crippen LogP contribution in [0.1, 0.15) is 19.3 Å². The lowest BCUT2D eigenvalue weighted by Gasteiger charge is -2.35. The Morgan fingerprint density at radius 3 is 2.11 bits per heavy atom. The molecule has 2 fully saturated rings. The van der Waals surface area contributed by atoms with Gasteiger partial charge in [-0.15, -0.1) is 0 Å². The van der Waals surface area contributed by atoms with Crippen molar-refractivity contribution >= 4 is 33.3 Å². The minimum absolute atomic E-state index is 0.239. The van der Waals surface area contributed by atoms with Gasteiger partial charge in [-0.3, -0.25) is 0 Å². The van der Waals surface area contributed by atoms with Crippen molar-refractivity contribution in [3.8, 4) is 0 Å². The van der Waals surface area contributed by atoms with Gasteiger partial charge in [0.05, 0.1) is 4.90 Å². The lowest BCUT2D eigenvalue weighted by atomic mass is 10.1. The number of sulfonamides is 1. The fourth-order valence-corrected chi connectivity index (χ4v) is 5.46. The average molecular weight is 422 g/mol. The first-order valence-electron chi connectivity index (χ1n) is 9.62. The van der Waals surface area contributed by atoms with Crippen LogP contribution in [0, 0.1) is 0 Å². The van der Waals surface area contributed by atoms with Crippen LogP contribution in [0.3, 0.4) is 0 Å². The van der Waals surface area contributed by atoms with Gasteiger partial charge in [0.25, 0.3) is 0 Å². The van der Waals surface area contributed by atoms with Crippen molar-refractivity contribution in [1.82, 2.24) is 14.3 Å². The van der Waals surface area contributed by atoms with E-state index in [0.29, 0.717) is 31.2 Å². The highest BCUT2D eigenvalue weighted by Gasteiger charge is 2.29. The summed E-state index contributed by atoms with van der Waals surface area (Å²) in [6.07, 6.45) is 5.27. The van der Waals surface area contributed by atoms with Crippen LogP contribution < -0.4 is 9.80 Å². The zero-order chi connectivity index (χ0) is 19.6. The van der Waals surface area contributed by atoms with E-state index in [-0.39, 0.29) is 4.90 Å². The Hall–Kier alpha value is -1.90. The van der Waals surface area contributed by atoms with E-state index >= 15 is 0 Å². The third-order valence-corrected chi connectivity index (χ3v) is 7.44. The van der Waals surface area contributed by atoms with Crippen LogP contribution in [0.25, 0.3) is 0 Å². The fourth-order valence-electron chi connectivity index (χ4n) is 3.74. The summed E-state index contributed by atoms with van der Waals surface area (Å²) < 4.78 is 27.2. The zero-order valence-electron chi connectivity index (χ0n) is 15.7. The molecule has 28 heavy (non-hydrogen) atoms. The average Bonchev–Trinajstić information content (AvgIpc) is 2.74. The SMILES string of the molecule is O=S(=O)(c1cccc(Cl)c1)N1CCN(c2cc(N3CCCCC3)ncn2)CC1. The van der Waals surface area contributed by atoms with Crippen LogP contribution in [0.2, 0.25) is 5.02 Å². The van der Waals surface area contributed by atoms with Gasteiger partial charge < -0.3 is 9.80 Å². The number of aromatic nitrogens is 2. The molecule has 0 saturated carbocycles. The standard InChI is InChI=1S/C19H24ClN5O2S/c20-16-5-4-6-17(13-16)28(26,27)25-11-9-24(10-12-25)19-14-18(21-15-22-19)23-7-2-1-3-8-23/h4-6,13-15H,1-3,7-12H2. The second-order valence-electron chi connectivity index (χ2n) is 7.13. The number of anilines is 2. The zero-order valence-corrected chi connectivity index (χ0v) is 17.2. The van der Waals surface area contributed by atoms with Gasteiger partial charge in [-0.2, -0.15) is 4.31 Å². The highest BCUT2D eigenvalue weighted by Crippen LogP contribution is 2.24. The summed E-state index contributed by atoms with van der Waals surface area (Å²) in [4.78, 5) is 13.5. The van der Waals surface area contributed by atoms with Crippen molar-refractivity contribution in [2.75, 3.05) is 49.1 Å². The third kappa shape index (κ3) is 4.09. The molecule has 0 N–H and O–H groups in total. The molecule has 150 valence electrons. The lowest BCUT2D eigenvalue weighted by molar-refractivity contribution is 0.383. The maximum absolute atomic E-state index is 12.9. The molecule has 0 atom stereocenters. The molecule has 4 rings (SSSR count). The van der Waals surface area contributed by atoms with Crippen molar-refractivity contribution in [2.24, 2.45) is 0 Å². The Bertz CT molecular complexity index is 925. The van der Waals surface area contributed by atoms with Crippen molar-refractivity contribution in [2.45, 2.75) is 24.2 Å². The van der Waals surface area contributed by atoms with E-state index in [0.717, 1.165) is 24.7 Å². The minimum Gasteiger partial charge on any atom is -0.356 e. The smallest absolute Gasteiger partial charge is 0.243 e. The van der Waals surface area contributed by atoms with Gasteiger partial charge in [-0.25, -0.2) is 18.4 Å². The van der Waals surface area contributed by atoms with Crippen molar-refractivity contribution in [1.29, 1.82) is 0 Å². The Labute approximate surface area is 171 Å². The van der Waals surface area contributed by atoms with E-state index in [1.165, 1.54) is 29.6 Å². The number of rotatable bonds is 4. The molecular weight excluding hydrogens is 398 g/mol. The van der Waals surface area contributed by atoms with E-state index in [1.807, 2.05) is 6.07 Å². The number of piperazine rings is 1. The summed E-state index contributed by atoms with van der Waals surface area (Å²) in [6, 6.07) is 8.44. The summed E-state index contributed by atoms with van der Waals surface area (Å²) in [5.41, 5.74) is 0. The molecule has 2 saturated heterocycles. The van der Waals surface area contributed by atoms with E-state index in [2.05, 4.69) is 19.8 Å². The molecule has 0 spiro atoms. The van der Waals surface area contributed by atoms with E-state index in [9.17, 15) is 8.42 Å². The summed E-state index contributed by atoms with van der Waals surface area (Å²) in [5, 5.41) is 0.422. The second kappa shape index (κ2) is 8.23. The molecule has 2 aromatic rings.